The van der Waals surface area contributed by atoms with Crippen molar-refractivity contribution in [3.8, 4) is 0 Å². The van der Waals surface area contributed by atoms with Crippen LogP contribution in [0.25, 0.3) is 0 Å². The summed E-state index contributed by atoms with van der Waals surface area (Å²) in [5.41, 5.74) is 0.444. The van der Waals surface area contributed by atoms with Gasteiger partial charge >= 0.3 is 0 Å². The first-order chi connectivity index (χ1) is 13.6. The van der Waals surface area contributed by atoms with Crippen LogP contribution < -0.4 is 5.32 Å². The van der Waals surface area contributed by atoms with Gasteiger partial charge in [0, 0.05) is 45.8 Å². The number of nitrogens with one attached hydrogen (secondary N) is 1. The molecule has 0 bridgehead atoms. The minimum atomic E-state index is -3.38. The zero-order valence-electron chi connectivity index (χ0n) is 17.3. The molecule has 1 aliphatic heterocycles. The van der Waals surface area contributed by atoms with Crippen molar-refractivity contribution >= 4 is 40.0 Å². The van der Waals surface area contributed by atoms with Crippen molar-refractivity contribution in [2.75, 3.05) is 39.8 Å². The fraction of sp³-hybridized carbons (Fsp3) is 0.789. The molecule has 1 aromatic rings. The largest absolute Gasteiger partial charge is 0.364 e. The summed E-state index contributed by atoms with van der Waals surface area (Å²) in [7, 11) is -1.58. The number of halogens is 1. The highest BCUT2D eigenvalue weighted by Gasteiger charge is 2.29. The zero-order chi connectivity index (χ0) is 19.8. The minimum absolute atomic E-state index is 0. The molecule has 2 fully saturated rings. The number of piperazine rings is 1. The van der Waals surface area contributed by atoms with Crippen LogP contribution in [0.4, 0.5) is 0 Å². The Morgan fingerprint density at radius 1 is 1.17 bits per heavy atom. The standard InChI is InChI=1S/C19H33N5O3S.HI/c1-20-19(21-15-17-7-5-3-2-4-6-8-17)23-10-12-24(13-11-23)28(25,26)16-18-9-14-27-22-18;/h9,14,17H,2-8,10-13,15-16H2,1H3,(H,20,21);1H. The Morgan fingerprint density at radius 3 is 2.41 bits per heavy atom. The fourth-order valence-corrected chi connectivity index (χ4v) is 5.51. The first-order valence-electron chi connectivity index (χ1n) is 10.4. The SMILES string of the molecule is CN=C(NCC1CCCCCCC1)N1CCN(S(=O)(=O)Cc2ccon2)CC1.I. The average Bonchev–Trinajstić information content (AvgIpc) is 3.16. The summed E-state index contributed by atoms with van der Waals surface area (Å²) in [6.45, 7) is 3.16. The second-order valence-electron chi connectivity index (χ2n) is 7.77. The maximum atomic E-state index is 12.6. The predicted molar refractivity (Wildman–Crippen MR) is 125 cm³/mol. The van der Waals surface area contributed by atoms with Gasteiger partial charge in [0.15, 0.2) is 5.96 Å². The van der Waals surface area contributed by atoms with Crippen LogP contribution in [0.15, 0.2) is 21.8 Å². The molecule has 0 amide bonds. The van der Waals surface area contributed by atoms with Crippen LogP contribution in [-0.2, 0) is 15.8 Å². The highest BCUT2D eigenvalue weighted by molar-refractivity contribution is 14.0. The quantitative estimate of drug-likeness (QED) is 0.352. The van der Waals surface area contributed by atoms with E-state index in [4.69, 9.17) is 4.52 Å². The lowest BCUT2D eigenvalue weighted by atomic mass is 9.91. The van der Waals surface area contributed by atoms with Gasteiger partial charge in [0.2, 0.25) is 10.0 Å². The van der Waals surface area contributed by atoms with E-state index in [1.54, 1.807) is 17.4 Å². The number of hydrogen-bond acceptors (Lipinski definition) is 5. The van der Waals surface area contributed by atoms with Gasteiger partial charge in [-0.25, -0.2) is 8.42 Å². The summed E-state index contributed by atoms with van der Waals surface area (Å²) in [6.07, 6.45) is 10.7. The van der Waals surface area contributed by atoms with Gasteiger partial charge in [-0.2, -0.15) is 4.31 Å². The van der Waals surface area contributed by atoms with Gasteiger partial charge < -0.3 is 14.7 Å². The van der Waals surface area contributed by atoms with Gasteiger partial charge in [-0.3, -0.25) is 4.99 Å². The molecular weight excluding hydrogens is 505 g/mol. The van der Waals surface area contributed by atoms with Gasteiger partial charge in [0.05, 0.1) is 5.69 Å². The molecule has 8 nitrogen and oxygen atoms in total. The van der Waals surface area contributed by atoms with Gasteiger partial charge in [0.1, 0.15) is 12.0 Å². The predicted octanol–water partition coefficient (Wildman–Crippen LogP) is 2.68. The summed E-state index contributed by atoms with van der Waals surface area (Å²) in [6, 6.07) is 1.59. The lowest BCUT2D eigenvalue weighted by Crippen LogP contribution is -2.54. The van der Waals surface area contributed by atoms with E-state index in [0.717, 1.165) is 12.5 Å². The van der Waals surface area contributed by atoms with Crippen LogP contribution in [-0.4, -0.2) is 68.5 Å². The molecule has 2 heterocycles. The van der Waals surface area contributed by atoms with Crippen LogP contribution in [0.2, 0.25) is 0 Å². The van der Waals surface area contributed by atoms with Gasteiger partial charge in [-0.15, -0.1) is 24.0 Å². The van der Waals surface area contributed by atoms with E-state index in [2.05, 4.69) is 20.4 Å². The normalized spacial score (nSPS) is 20.6. The summed E-state index contributed by atoms with van der Waals surface area (Å²) < 4.78 is 31.4. The molecule has 10 heteroatoms. The lowest BCUT2D eigenvalue weighted by molar-refractivity contribution is 0.257. The molecule has 166 valence electrons. The monoisotopic (exact) mass is 539 g/mol. The third-order valence-electron chi connectivity index (χ3n) is 5.74. The molecule has 0 spiro atoms. The van der Waals surface area contributed by atoms with Gasteiger partial charge in [-0.05, 0) is 18.8 Å². The van der Waals surface area contributed by atoms with Crippen LogP contribution in [0.1, 0.15) is 50.6 Å². The smallest absolute Gasteiger partial charge is 0.220 e. The van der Waals surface area contributed by atoms with Crippen molar-refractivity contribution in [1.82, 2.24) is 19.7 Å². The van der Waals surface area contributed by atoms with Crippen molar-refractivity contribution in [3.05, 3.63) is 18.0 Å². The molecular formula is C19H34IN5O3S. The molecule has 0 radical (unpaired) electrons. The van der Waals surface area contributed by atoms with Crippen molar-refractivity contribution in [2.24, 2.45) is 10.9 Å². The first kappa shape index (κ1) is 24.4. The molecule has 1 saturated heterocycles. The number of guanidine groups is 1. The van der Waals surface area contributed by atoms with Crippen LogP contribution in [0.3, 0.4) is 0 Å². The van der Waals surface area contributed by atoms with E-state index < -0.39 is 10.0 Å². The lowest BCUT2D eigenvalue weighted by Gasteiger charge is -2.36. The second-order valence-corrected chi connectivity index (χ2v) is 9.74. The maximum Gasteiger partial charge on any atom is 0.220 e. The Hall–Kier alpha value is -0.880. The Kier molecular flexibility index (Phi) is 10.2. The highest BCUT2D eigenvalue weighted by Crippen LogP contribution is 2.21. The number of hydrogen-bond donors (Lipinski definition) is 1. The topological polar surface area (TPSA) is 91.0 Å². The molecule has 0 atom stereocenters. The van der Waals surface area contributed by atoms with Gasteiger partial charge in [-0.1, -0.05) is 37.3 Å². The third kappa shape index (κ3) is 7.39. The highest BCUT2D eigenvalue weighted by atomic mass is 127. The number of aliphatic imine (C=N–C) groups is 1. The number of sulfonamides is 1. The second kappa shape index (κ2) is 12.1. The third-order valence-corrected chi connectivity index (χ3v) is 7.55. The van der Waals surface area contributed by atoms with E-state index in [1.807, 2.05) is 0 Å². The summed E-state index contributed by atoms with van der Waals surface area (Å²) in [5.74, 6) is 1.48. The Balaban J connectivity index is 0.00000300. The van der Waals surface area contributed by atoms with E-state index in [1.165, 1.54) is 51.2 Å². The summed E-state index contributed by atoms with van der Waals surface area (Å²) in [5, 5.41) is 7.25. The Labute approximate surface area is 191 Å². The van der Waals surface area contributed by atoms with Crippen molar-refractivity contribution in [1.29, 1.82) is 0 Å². The minimum Gasteiger partial charge on any atom is -0.364 e. The number of aromatic nitrogens is 1. The van der Waals surface area contributed by atoms with Crippen molar-refractivity contribution in [3.63, 3.8) is 0 Å². The number of rotatable bonds is 5. The summed E-state index contributed by atoms with van der Waals surface area (Å²) >= 11 is 0. The van der Waals surface area contributed by atoms with E-state index in [-0.39, 0.29) is 29.7 Å². The Morgan fingerprint density at radius 2 is 1.83 bits per heavy atom. The van der Waals surface area contributed by atoms with Crippen molar-refractivity contribution in [2.45, 2.75) is 50.7 Å². The molecule has 1 aliphatic carbocycles. The number of nitrogens with zero attached hydrogens (tertiary/aromatic N) is 4. The summed E-state index contributed by atoms with van der Waals surface area (Å²) in [4.78, 5) is 6.58. The molecule has 0 aromatic carbocycles. The molecule has 3 rings (SSSR count). The molecule has 1 aromatic heterocycles. The Bertz CT molecular complexity index is 710. The molecule has 29 heavy (non-hydrogen) atoms. The van der Waals surface area contributed by atoms with E-state index >= 15 is 0 Å². The first-order valence-corrected chi connectivity index (χ1v) is 12.0. The van der Waals surface area contributed by atoms with Crippen molar-refractivity contribution < 1.29 is 12.9 Å². The molecule has 1 saturated carbocycles. The fourth-order valence-electron chi connectivity index (χ4n) is 4.08. The van der Waals surface area contributed by atoms with Crippen LogP contribution >= 0.6 is 24.0 Å². The average molecular weight is 539 g/mol. The van der Waals surface area contributed by atoms with Crippen LogP contribution in [0, 0.1) is 5.92 Å². The zero-order valence-corrected chi connectivity index (χ0v) is 20.4. The molecule has 2 aliphatic rings. The van der Waals surface area contributed by atoms with E-state index in [9.17, 15) is 8.42 Å². The molecule has 1 N–H and O–H groups in total. The molecule has 0 unspecified atom stereocenters. The van der Waals surface area contributed by atoms with Crippen LogP contribution in [0.5, 0.6) is 0 Å². The van der Waals surface area contributed by atoms with E-state index in [0.29, 0.717) is 37.8 Å². The maximum absolute atomic E-state index is 12.6. The van der Waals surface area contributed by atoms with Gasteiger partial charge in [0.25, 0.3) is 0 Å².